The number of fused-ring (bicyclic) bond motifs is 1. The molecule has 0 aliphatic heterocycles. The molecule has 0 aliphatic carbocycles. The Morgan fingerprint density at radius 1 is 1.23 bits per heavy atom. The molecule has 7 nitrogen and oxygen atoms in total. The number of ether oxygens (including phenoxy) is 2. The molecule has 31 heavy (non-hydrogen) atoms. The molecule has 162 valence electrons. The maximum atomic E-state index is 13.0. The van der Waals surface area contributed by atoms with Crippen molar-refractivity contribution in [2.75, 3.05) is 6.61 Å². The first-order valence-electron chi connectivity index (χ1n) is 9.72. The summed E-state index contributed by atoms with van der Waals surface area (Å²) < 4.78 is 13.4. The van der Waals surface area contributed by atoms with Crippen LogP contribution in [0.25, 0.3) is 10.9 Å². The van der Waals surface area contributed by atoms with Crippen LogP contribution in [0.15, 0.2) is 55.2 Å². The van der Waals surface area contributed by atoms with Crippen LogP contribution >= 0.6 is 31.9 Å². The highest BCUT2D eigenvalue weighted by Gasteiger charge is 2.17. The predicted octanol–water partition coefficient (Wildman–Crippen LogP) is 4.70. The topological polar surface area (TPSA) is 82.8 Å². The van der Waals surface area contributed by atoms with E-state index < -0.39 is 12.1 Å². The Bertz CT molecular complexity index is 1210. The fourth-order valence-electron chi connectivity index (χ4n) is 2.86. The fourth-order valence-corrected chi connectivity index (χ4v) is 3.71. The van der Waals surface area contributed by atoms with Gasteiger partial charge in [-0.05, 0) is 71.7 Å². The van der Waals surface area contributed by atoms with Gasteiger partial charge >= 0.3 is 5.97 Å². The molecule has 1 atom stereocenters. The van der Waals surface area contributed by atoms with Gasteiger partial charge in [0.2, 0.25) is 0 Å². The van der Waals surface area contributed by atoms with E-state index in [1.54, 1.807) is 50.4 Å². The summed E-state index contributed by atoms with van der Waals surface area (Å²) in [6.45, 7) is 5.59. The summed E-state index contributed by atoms with van der Waals surface area (Å²) >= 11 is 6.84. The first-order chi connectivity index (χ1) is 14.8. The largest absolute Gasteiger partial charge is 0.478 e. The van der Waals surface area contributed by atoms with Gasteiger partial charge in [0, 0.05) is 10.9 Å². The van der Waals surface area contributed by atoms with E-state index in [4.69, 9.17) is 9.47 Å². The van der Waals surface area contributed by atoms with Gasteiger partial charge < -0.3 is 9.47 Å². The molecule has 0 radical (unpaired) electrons. The molecule has 2 aromatic carbocycles. The number of carbonyl (C=O) groups is 1. The van der Waals surface area contributed by atoms with E-state index in [9.17, 15) is 9.59 Å². The standard InChI is InChI=1S/C22H21Br2N3O4/c1-4-20-26-18-8-7-15(23)11-16(18)21(28)27(20)25-12-14-6-9-19(17(24)10-14)31-13(3)22(29)30-5-2/h6-13H,4-5H2,1-3H3/t13-/m0/s1. The molecule has 0 amide bonds. The molecule has 1 aromatic heterocycles. The average molecular weight is 551 g/mol. The maximum absolute atomic E-state index is 13.0. The van der Waals surface area contributed by atoms with Gasteiger partial charge in [0.15, 0.2) is 6.10 Å². The van der Waals surface area contributed by atoms with Crippen molar-refractivity contribution >= 4 is 54.9 Å². The van der Waals surface area contributed by atoms with Gasteiger partial charge in [-0.1, -0.05) is 22.9 Å². The van der Waals surface area contributed by atoms with Crippen molar-refractivity contribution in [3.63, 3.8) is 0 Å². The summed E-state index contributed by atoms with van der Waals surface area (Å²) in [6, 6.07) is 10.7. The van der Waals surface area contributed by atoms with E-state index in [1.165, 1.54) is 4.68 Å². The monoisotopic (exact) mass is 549 g/mol. The zero-order valence-corrected chi connectivity index (χ0v) is 20.4. The lowest BCUT2D eigenvalue weighted by Gasteiger charge is -2.14. The van der Waals surface area contributed by atoms with Crippen molar-refractivity contribution in [2.24, 2.45) is 5.10 Å². The average Bonchev–Trinajstić information content (AvgIpc) is 2.75. The highest BCUT2D eigenvalue weighted by atomic mass is 79.9. The summed E-state index contributed by atoms with van der Waals surface area (Å²) in [5.74, 6) is 0.640. The molecule has 0 fully saturated rings. The third-order valence-corrected chi connectivity index (χ3v) is 5.51. The first-order valence-corrected chi connectivity index (χ1v) is 11.3. The van der Waals surface area contributed by atoms with Gasteiger partial charge in [-0.2, -0.15) is 9.78 Å². The minimum absolute atomic E-state index is 0.235. The summed E-state index contributed by atoms with van der Waals surface area (Å²) in [5, 5.41) is 4.86. The third-order valence-electron chi connectivity index (χ3n) is 4.39. The molecule has 0 N–H and O–H groups in total. The predicted molar refractivity (Wildman–Crippen MR) is 127 cm³/mol. The van der Waals surface area contributed by atoms with Crippen molar-refractivity contribution in [3.05, 3.63) is 67.1 Å². The SMILES string of the molecule is CCOC(=O)[C@H](C)Oc1ccc(C=Nn2c(CC)nc3ccc(Br)cc3c2=O)cc1Br. The number of aromatic nitrogens is 2. The highest BCUT2D eigenvalue weighted by molar-refractivity contribution is 9.10. The van der Waals surface area contributed by atoms with Crippen LogP contribution in [0.3, 0.4) is 0 Å². The first kappa shape index (κ1) is 23.1. The third kappa shape index (κ3) is 5.40. The van der Waals surface area contributed by atoms with Crippen LogP contribution in [0.5, 0.6) is 5.75 Å². The number of aryl methyl sites for hydroxylation is 1. The molecular weight excluding hydrogens is 530 g/mol. The van der Waals surface area contributed by atoms with E-state index in [0.717, 1.165) is 10.0 Å². The number of esters is 1. The van der Waals surface area contributed by atoms with Crippen LogP contribution in [0.1, 0.15) is 32.2 Å². The Morgan fingerprint density at radius 2 is 2.00 bits per heavy atom. The second-order valence-electron chi connectivity index (χ2n) is 6.61. The number of carbonyl (C=O) groups excluding carboxylic acids is 1. The number of nitrogens with zero attached hydrogens (tertiary/aromatic N) is 3. The maximum Gasteiger partial charge on any atom is 0.347 e. The fraction of sp³-hybridized carbons (Fsp3) is 0.273. The lowest BCUT2D eigenvalue weighted by Crippen LogP contribution is -2.26. The Hall–Kier alpha value is -2.52. The van der Waals surface area contributed by atoms with Crippen LogP contribution < -0.4 is 10.3 Å². The Labute approximate surface area is 196 Å². The van der Waals surface area contributed by atoms with Crippen LogP contribution in [0.4, 0.5) is 0 Å². The van der Waals surface area contributed by atoms with Gasteiger partial charge in [0.25, 0.3) is 5.56 Å². The zero-order chi connectivity index (χ0) is 22.5. The smallest absolute Gasteiger partial charge is 0.347 e. The molecule has 9 heteroatoms. The molecule has 0 unspecified atom stereocenters. The van der Waals surface area contributed by atoms with Gasteiger partial charge in [-0.3, -0.25) is 4.79 Å². The normalized spacial score (nSPS) is 12.3. The number of halogens is 2. The lowest BCUT2D eigenvalue weighted by molar-refractivity contribution is -0.150. The number of hydrogen-bond acceptors (Lipinski definition) is 6. The van der Waals surface area contributed by atoms with Gasteiger partial charge in [-0.25, -0.2) is 9.78 Å². The van der Waals surface area contributed by atoms with E-state index in [-0.39, 0.29) is 5.56 Å². The van der Waals surface area contributed by atoms with E-state index >= 15 is 0 Å². The van der Waals surface area contributed by atoms with E-state index in [1.807, 2.05) is 13.0 Å². The van der Waals surface area contributed by atoms with Crippen LogP contribution in [-0.4, -0.2) is 34.6 Å². The molecule has 0 saturated heterocycles. The molecule has 0 saturated carbocycles. The summed E-state index contributed by atoms with van der Waals surface area (Å²) in [4.78, 5) is 29.3. The van der Waals surface area contributed by atoms with Crippen molar-refractivity contribution < 1.29 is 14.3 Å². The molecule has 0 aliphatic rings. The Balaban J connectivity index is 1.89. The summed E-state index contributed by atoms with van der Waals surface area (Å²) in [6.07, 6.45) is 1.40. The molecule has 3 aromatic rings. The molecular formula is C22H21Br2N3O4. The second kappa shape index (κ2) is 10.2. The minimum atomic E-state index is -0.732. The van der Waals surface area contributed by atoms with E-state index in [2.05, 4.69) is 41.9 Å². The van der Waals surface area contributed by atoms with Crippen LogP contribution in [0.2, 0.25) is 0 Å². The minimum Gasteiger partial charge on any atom is -0.478 e. The Kier molecular flexibility index (Phi) is 7.61. The van der Waals surface area contributed by atoms with Crippen LogP contribution in [-0.2, 0) is 16.0 Å². The number of hydrogen-bond donors (Lipinski definition) is 0. The van der Waals surface area contributed by atoms with Gasteiger partial charge in [-0.15, -0.1) is 0 Å². The molecule has 0 spiro atoms. The quantitative estimate of drug-likeness (QED) is 0.314. The Morgan fingerprint density at radius 3 is 2.68 bits per heavy atom. The van der Waals surface area contributed by atoms with Crippen LogP contribution in [0, 0.1) is 0 Å². The van der Waals surface area contributed by atoms with Crippen molar-refractivity contribution in [3.8, 4) is 5.75 Å². The highest BCUT2D eigenvalue weighted by Crippen LogP contribution is 2.26. The van der Waals surface area contributed by atoms with Crippen molar-refractivity contribution in [1.29, 1.82) is 0 Å². The van der Waals surface area contributed by atoms with Gasteiger partial charge in [0.1, 0.15) is 11.6 Å². The summed E-state index contributed by atoms with van der Waals surface area (Å²) in [5.41, 5.74) is 1.14. The zero-order valence-electron chi connectivity index (χ0n) is 17.3. The second-order valence-corrected chi connectivity index (χ2v) is 8.38. The van der Waals surface area contributed by atoms with Gasteiger partial charge in [0.05, 0.1) is 28.2 Å². The molecule has 3 rings (SSSR count). The van der Waals surface area contributed by atoms with Crippen molar-refractivity contribution in [1.82, 2.24) is 9.66 Å². The van der Waals surface area contributed by atoms with Crippen molar-refractivity contribution in [2.45, 2.75) is 33.3 Å². The molecule has 1 heterocycles. The summed E-state index contributed by atoms with van der Waals surface area (Å²) in [7, 11) is 0. The van der Waals surface area contributed by atoms with E-state index in [0.29, 0.717) is 40.0 Å². The number of rotatable bonds is 7. The lowest BCUT2D eigenvalue weighted by atomic mass is 10.2. The number of benzene rings is 2. The molecule has 0 bridgehead atoms.